The van der Waals surface area contributed by atoms with Gasteiger partial charge >= 0.3 is 0 Å². The summed E-state index contributed by atoms with van der Waals surface area (Å²) >= 11 is 5.51. The van der Waals surface area contributed by atoms with Gasteiger partial charge in [-0.1, -0.05) is 0 Å². The Bertz CT molecular complexity index is 400. The molecule has 3 rings (SSSR count). The van der Waals surface area contributed by atoms with E-state index in [1.165, 1.54) is 47.9 Å². The van der Waals surface area contributed by atoms with Crippen LogP contribution in [0.3, 0.4) is 0 Å². The van der Waals surface area contributed by atoms with Gasteiger partial charge in [-0.15, -0.1) is 11.3 Å². The van der Waals surface area contributed by atoms with E-state index < -0.39 is 0 Å². The van der Waals surface area contributed by atoms with Crippen LogP contribution in [0.4, 0.5) is 0 Å². The van der Waals surface area contributed by atoms with E-state index in [0.29, 0.717) is 12.1 Å². The first-order valence-electron chi connectivity index (χ1n) is 6.96. The van der Waals surface area contributed by atoms with Crippen molar-refractivity contribution in [3.63, 3.8) is 0 Å². The Morgan fingerprint density at radius 1 is 1.33 bits per heavy atom. The molecule has 0 amide bonds. The second kappa shape index (κ2) is 6.04. The molecule has 4 heteroatoms. The van der Waals surface area contributed by atoms with Gasteiger partial charge in [-0.2, -0.15) is 0 Å². The minimum atomic E-state index is 0.436. The quantitative estimate of drug-likeness (QED) is 0.903. The third kappa shape index (κ3) is 2.98. The summed E-state index contributed by atoms with van der Waals surface area (Å²) in [7, 11) is 0. The van der Waals surface area contributed by atoms with E-state index in [-0.39, 0.29) is 0 Å². The van der Waals surface area contributed by atoms with E-state index in [9.17, 15) is 0 Å². The SMILES string of the molecule is Brc1cc2c(s1)CCCC2NCC1CCCCO1. The van der Waals surface area contributed by atoms with E-state index in [0.717, 1.165) is 13.2 Å². The van der Waals surface area contributed by atoms with Gasteiger partial charge in [0.05, 0.1) is 9.89 Å². The minimum Gasteiger partial charge on any atom is -0.377 e. The molecule has 2 heterocycles. The van der Waals surface area contributed by atoms with Crippen molar-refractivity contribution in [3.05, 3.63) is 20.3 Å². The average Bonchev–Trinajstić information content (AvgIpc) is 2.78. The number of thiophene rings is 1. The van der Waals surface area contributed by atoms with Crippen LogP contribution in [0.5, 0.6) is 0 Å². The maximum Gasteiger partial charge on any atom is 0.0704 e. The van der Waals surface area contributed by atoms with Gasteiger partial charge in [-0.25, -0.2) is 0 Å². The Kier molecular flexibility index (Phi) is 4.39. The van der Waals surface area contributed by atoms with Gasteiger partial charge in [0.2, 0.25) is 0 Å². The highest BCUT2D eigenvalue weighted by Crippen LogP contribution is 2.37. The van der Waals surface area contributed by atoms with Gasteiger partial charge in [0.1, 0.15) is 0 Å². The first-order chi connectivity index (χ1) is 8.83. The molecule has 1 aromatic rings. The minimum absolute atomic E-state index is 0.436. The van der Waals surface area contributed by atoms with Crippen molar-refractivity contribution in [1.29, 1.82) is 0 Å². The Labute approximate surface area is 121 Å². The lowest BCUT2D eigenvalue weighted by Crippen LogP contribution is -2.35. The number of hydrogen-bond acceptors (Lipinski definition) is 3. The maximum absolute atomic E-state index is 5.79. The van der Waals surface area contributed by atoms with E-state index in [2.05, 4.69) is 27.3 Å². The summed E-state index contributed by atoms with van der Waals surface area (Å²) in [5.41, 5.74) is 1.52. The lowest BCUT2D eigenvalue weighted by atomic mass is 9.94. The van der Waals surface area contributed by atoms with Crippen molar-refractivity contribution in [2.24, 2.45) is 0 Å². The van der Waals surface area contributed by atoms with Gasteiger partial charge in [0, 0.05) is 24.1 Å². The normalized spacial score (nSPS) is 28.1. The number of rotatable bonds is 3. The average molecular weight is 330 g/mol. The van der Waals surface area contributed by atoms with Crippen molar-refractivity contribution in [2.45, 2.75) is 50.7 Å². The molecule has 1 saturated heterocycles. The largest absolute Gasteiger partial charge is 0.377 e. The van der Waals surface area contributed by atoms with E-state index >= 15 is 0 Å². The lowest BCUT2D eigenvalue weighted by Gasteiger charge is -2.28. The Balaban J connectivity index is 1.59. The van der Waals surface area contributed by atoms with E-state index in [1.807, 2.05) is 11.3 Å². The molecule has 0 aromatic carbocycles. The summed E-state index contributed by atoms with van der Waals surface area (Å²) in [5.74, 6) is 0. The van der Waals surface area contributed by atoms with Crippen molar-refractivity contribution in [2.75, 3.05) is 13.2 Å². The number of fused-ring (bicyclic) bond motifs is 1. The van der Waals surface area contributed by atoms with Crippen LogP contribution in [0.25, 0.3) is 0 Å². The van der Waals surface area contributed by atoms with Gasteiger partial charge < -0.3 is 10.1 Å². The molecule has 100 valence electrons. The third-order valence-electron chi connectivity index (χ3n) is 3.95. The number of hydrogen-bond donors (Lipinski definition) is 1. The Morgan fingerprint density at radius 2 is 2.28 bits per heavy atom. The van der Waals surface area contributed by atoms with Gasteiger partial charge in [-0.3, -0.25) is 0 Å². The van der Waals surface area contributed by atoms with E-state index in [4.69, 9.17) is 4.74 Å². The van der Waals surface area contributed by atoms with Crippen molar-refractivity contribution >= 4 is 27.3 Å². The van der Waals surface area contributed by atoms with Gasteiger partial charge in [-0.05, 0) is 66.1 Å². The zero-order valence-corrected chi connectivity index (χ0v) is 13.0. The molecule has 2 aliphatic rings. The highest BCUT2D eigenvalue weighted by Gasteiger charge is 2.23. The highest BCUT2D eigenvalue weighted by molar-refractivity contribution is 9.11. The molecule has 1 aromatic heterocycles. The third-order valence-corrected chi connectivity index (χ3v) is 5.66. The van der Waals surface area contributed by atoms with Crippen LogP contribution in [-0.4, -0.2) is 19.3 Å². The fourth-order valence-electron chi connectivity index (χ4n) is 2.98. The summed E-state index contributed by atoms with van der Waals surface area (Å²) in [6.07, 6.45) is 8.05. The van der Waals surface area contributed by atoms with E-state index in [1.54, 1.807) is 4.88 Å². The number of aryl methyl sites for hydroxylation is 1. The smallest absolute Gasteiger partial charge is 0.0704 e. The summed E-state index contributed by atoms with van der Waals surface area (Å²) in [6, 6.07) is 2.85. The first kappa shape index (κ1) is 13.1. The fourth-order valence-corrected chi connectivity index (χ4v) is 4.80. The summed E-state index contributed by atoms with van der Waals surface area (Å²) in [6.45, 7) is 1.96. The van der Waals surface area contributed by atoms with Gasteiger partial charge in [0.15, 0.2) is 0 Å². The molecule has 1 aliphatic heterocycles. The van der Waals surface area contributed by atoms with Crippen LogP contribution in [0, 0.1) is 0 Å². The van der Waals surface area contributed by atoms with Crippen molar-refractivity contribution in [1.82, 2.24) is 5.32 Å². The lowest BCUT2D eigenvalue weighted by molar-refractivity contribution is 0.0150. The number of halogens is 1. The molecule has 18 heavy (non-hydrogen) atoms. The molecule has 0 bridgehead atoms. The molecule has 1 aliphatic carbocycles. The summed E-state index contributed by atoms with van der Waals surface area (Å²) in [4.78, 5) is 1.56. The maximum atomic E-state index is 5.79. The van der Waals surface area contributed by atoms with Crippen LogP contribution < -0.4 is 5.32 Å². The molecule has 2 nitrogen and oxygen atoms in total. The number of nitrogens with one attached hydrogen (secondary N) is 1. The first-order valence-corrected chi connectivity index (χ1v) is 8.57. The molecule has 1 fully saturated rings. The summed E-state index contributed by atoms with van der Waals surface area (Å²) in [5, 5.41) is 3.72. The molecule has 2 atom stereocenters. The molecular weight excluding hydrogens is 310 g/mol. The fraction of sp³-hybridized carbons (Fsp3) is 0.714. The standard InChI is InChI=1S/C14H20BrNOS/c15-14-8-11-12(5-3-6-13(11)18-14)16-9-10-4-1-2-7-17-10/h8,10,12,16H,1-7,9H2. The zero-order chi connectivity index (χ0) is 12.4. The Hall–Kier alpha value is 0.1000. The highest BCUT2D eigenvalue weighted by atomic mass is 79.9. The second-order valence-corrected chi connectivity index (χ2v) is 7.79. The van der Waals surface area contributed by atoms with Crippen LogP contribution >= 0.6 is 27.3 Å². The van der Waals surface area contributed by atoms with Crippen LogP contribution in [0.2, 0.25) is 0 Å². The van der Waals surface area contributed by atoms with Crippen molar-refractivity contribution < 1.29 is 4.74 Å². The topological polar surface area (TPSA) is 21.3 Å². The van der Waals surface area contributed by atoms with Crippen molar-refractivity contribution in [3.8, 4) is 0 Å². The monoisotopic (exact) mass is 329 g/mol. The predicted molar refractivity (Wildman–Crippen MR) is 79.3 cm³/mol. The zero-order valence-electron chi connectivity index (χ0n) is 10.6. The predicted octanol–water partition coefficient (Wildman–Crippen LogP) is 4.05. The molecule has 0 spiro atoms. The van der Waals surface area contributed by atoms with Gasteiger partial charge in [0.25, 0.3) is 0 Å². The molecule has 2 unspecified atom stereocenters. The van der Waals surface area contributed by atoms with Crippen LogP contribution in [-0.2, 0) is 11.2 Å². The molecule has 0 radical (unpaired) electrons. The number of ether oxygens (including phenoxy) is 1. The van der Waals surface area contributed by atoms with Crippen LogP contribution in [0.15, 0.2) is 9.85 Å². The second-order valence-electron chi connectivity index (χ2n) is 5.27. The Morgan fingerprint density at radius 3 is 3.11 bits per heavy atom. The molecule has 0 saturated carbocycles. The molecule has 1 N–H and O–H groups in total. The summed E-state index contributed by atoms with van der Waals surface area (Å²) < 4.78 is 7.07. The molecular formula is C14H20BrNOS. The van der Waals surface area contributed by atoms with Crippen LogP contribution in [0.1, 0.15) is 48.6 Å².